The lowest BCUT2D eigenvalue weighted by Gasteiger charge is -2.33. The lowest BCUT2D eigenvalue weighted by Crippen LogP contribution is -2.54. The summed E-state index contributed by atoms with van der Waals surface area (Å²) in [6.07, 6.45) is 4.96. The van der Waals surface area contributed by atoms with Gasteiger partial charge in [0.05, 0.1) is 12.8 Å². The van der Waals surface area contributed by atoms with E-state index in [1.165, 1.54) is 4.90 Å². The van der Waals surface area contributed by atoms with Gasteiger partial charge >= 0.3 is 0 Å². The van der Waals surface area contributed by atoms with E-state index < -0.39 is 12.1 Å². The predicted octanol–water partition coefficient (Wildman–Crippen LogP) is 2.90. The molecule has 2 amide bonds. The normalized spacial score (nSPS) is 19.6. The molecule has 7 nitrogen and oxygen atoms in total. The fourth-order valence-corrected chi connectivity index (χ4v) is 3.84. The van der Waals surface area contributed by atoms with E-state index in [4.69, 9.17) is 13.9 Å². The van der Waals surface area contributed by atoms with E-state index >= 15 is 0 Å². The first-order chi connectivity index (χ1) is 14.1. The van der Waals surface area contributed by atoms with Gasteiger partial charge in [-0.2, -0.15) is 0 Å². The fourth-order valence-electron chi connectivity index (χ4n) is 3.84. The molecule has 154 valence electrons. The van der Waals surface area contributed by atoms with Crippen LogP contribution < -0.4 is 14.8 Å². The van der Waals surface area contributed by atoms with Gasteiger partial charge in [-0.05, 0) is 44.0 Å². The lowest BCUT2D eigenvalue weighted by atomic mass is 10.1. The Morgan fingerprint density at radius 2 is 1.90 bits per heavy atom. The molecule has 1 fully saturated rings. The van der Waals surface area contributed by atoms with Gasteiger partial charge in [0.2, 0.25) is 12.0 Å². The molecule has 2 unspecified atom stereocenters. The van der Waals surface area contributed by atoms with Gasteiger partial charge in [0.1, 0.15) is 18.4 Å². The summed E-state index contributed by atoms with van der Waals surface area (Å²) in [6.45, 7) is 2.02. The van der Waals surface area contributed by atoms with E-state index in [9.17, 15) is 9.59 Å². The smallest absolute Gasteiger partial charge is 0.268 e. The second kappa shape index (κ2) is 8.59. The number of amides is 2. The number of furan rings is 1. The first-order valence-corrected chi connectivity index (χ1v) is 10.1. The molecule has 1 saturated carbocycles. The van der Waals surface area contributed by atoms with Crippen LogP contribution in [0.15, 0.2) is 47.1 Å². The van der Waals surface area contributed by atoms with E-state index in [1.54, 1.807) is 37.5 Å². The van der Waals surface area contributed by atoms with E-state index in [0.717, 1.165) is 25.7 Å². The largest absolute Gasteiger partial charge is 0.485 e. The van der Waals surface area contributed by atoms with Crippen LogP contribution >= 0.6 is 0 Å². The maximum atomic E-state index is 13.3. The standard InChI is InChI=1S/C22H26N2O5/c1-15(21(25)23-16-7-2-3-8-16)24(13-17-9-6-12-27-17)22(26)20-14-28-18-10-4-5-11-19(18)29-20/h4-6,9-12,15-16,20H,2-3,7-8,13-14H2,1H3,(H,23,25). The molecule has 2 aliphatic rings. The van der Waals surface area contributed by atoms with Crippen LogP contribution in [0.25, 0.3) is 0 Å². The predicted molar refractivity (Wildman–Crippen MR) is 105 cm³/mol. The number of hydrogen-bond donors (Lipinski definition) is 1. The van der Waals surface area contributed by atoms with Gasteiger partial charge in [-0.25, -0.2) is 0 Å². The van der Waals surface area contributed by atoms with Crippen molar-refractivity contribution in [2.75, 3.05) is 6.61 Å². The van der Waals surface area contributed by atoms with Crippen LogP contribution in [0.5, 0.6) is 11.5 Å². The fraction of sp³-hybridized carbons (Fsp3) is 0.455. The second-order valence-electron chi connectivity index (χ2n) is 7.58. The molecule has 29 heavy (non-hydrogen) atoms. The number of benzene rings is 1. The number of carbonyl (C=O) groups is 2. The number of carbonyl (C=O) groups excluding carboxylic acids is 2. The van der Waals surface area contributed by atoms with E-state index in [2.05, 4.69) is 5.32 Å². The highest BCUT2D eigenvalue weighted by Crippen LogP contribution is 2.31. The van der Waals surface area contributed by atoms with Crippen LogP contribution in [0.3, 0.4) is 0 Å². The first-order valence-electron chi connectivity index (χ1n) is 10.1. The summed E-state index contributed by atoms with van der Waals surface area (Å²) < 4.78 is 17.0. The Morgan fingerprint density at radius 3 is 2.62 bits per heavy atom. The highest BCUT2D eigenvalue weighted by Gasteiger charge is 2.36. The Bertz CT molecular complexity index is 845. The summed E-state index contributed by atoms with van der Waals surface area (Å²) in [5.74, 6) is 1.29. The molecular weight excluding hydrogens is 372 g/mol. The van der Waals surface area contributed by atoms with Crippen LogP contribution in [-0.2, 0) is 16.1 Å². The molecule has 1 aromatic heterocycles. The molecule has 1 N–H and O–H groups in total. The highest BCUT2D eigenvalue weighted by atomic mass is 16.6. The third kappa shape index (κ3) is 4.39. The molecule has 1 aromatic carbocycles. The third-order valence-electron chi connectivity index (χ3n) is 5.52. The molecule has 1 aliphatic carbocycles. The molecular formula is C22H26N2O5. The Labute approximate surface area is 170 Å². The van der Waals surface area contributed by atoms with Crippen molar-refractivity contribution in [1.29, 1.82) is 0 Å². The van der Waals surface area contributed by atoms with E-state index in [-0.39, 0.29) is 31.0 Å². The average Bonchev–Trinajstić information content (AvgIpc) is 3.45. The summed E-state index contributed by atoms with van der Waals surface area (Å²) in [7, 11) is 0. The van der Waals surface area contributed by atoms with Crippen molar-refractivity contribution in [3.63, 3.8) is 0 Å². The van der Waals surface area contributed by atoms with Gasteiger partial charge in [-0.3, -0.25) is 9.59 Å². The van der Waals surface area contributed by atoms with Crippen LogP contribution in [0.1, 0.15) is 38.4 Å². The molecule has 0 bridgehead atoms. The van der Waals surface area contributed by atoms with Crippen molar-refractivity contribution in [2.24, 2.45) is 0 Å². The molecule has 0 radical (unpaired) electrons. The zero-order valence-electron chi connectivity index (χ0n) is 16.5. The Kier molecular flexibility index (Phi) is 5.74. The van der Waals surface area contributed by atoms with Gasteiger partial charge in [0, 0.05) is 6.04 Å². The van der Waals surface area contributed by atoms with Crippen LogP contribution in [-0.4, -0.2) is 41.5 Å². The minimum atomic E-state index is -0.818. The third-order valence-corrected chi connectivity index (χ3v) is 5.52. The average molecular weight is 398 g/mol. The maximum Gasteiger partial charge on any atom is 0.268 e. The number of ether oxygens (including phenoxy) is 2. The Balaban J connectivity index is 1.50. The summed E-state index contributed by atoms with van der Waals surface area (Å²) >= 11 is 0. The van der Waals surface area contributed by atoms with Gasteiger partial charge < -0.3 is 24.1 Å². The monoisotopic (exact) mass is 398 g/mol. The number of rotatable bonds is 6. The number of fused-ring (bicyclic) bond motifs is 1. The summed E-state index contributed by atoms with van der Waals surface area (Å²) in [5.41, 5.74) is 0. The minimum absolute atomic E-state index is 0.0987. The van der Waals surface area contributed by atoms with Crippen molar-refractivity contribution >= 4 is 11.8 Å². The second-order valence-corrected chi connectivity index (χ2v) is 7.58. The maximum absolute atomic E-state index is 13.3. The summed E-state index contributed by atoms with van der Waals surface area (Å²) in [6, 6.07) is 10.3. The number of hydrogen-bond acceptors (Lipinski definition) is 5. The van der Waals surface area contributed by atoms with Gasteiger partial charge in [0.15, 0.2) is 11.5 Å². The molecule has 2 heterocycles. The zero-order chi connectivity index (χ0) is 20.2. The highest BCUT2D eigenvalue weighted by molar-refractivity contribution is 5.89. The van der Waals surface area contributed by atoms with E-state index in [1.807, 2.05) is 12.1 Å². The molecule has 0 saturated heterocycles. The molecule has 2 atom stereocenters. The van der Waals surface area contributed by atoms with Crippen LogP contribution in [0.2, 0.25) is 0 Å². The quantitative estimate of drug-likeness (QED) is 0.809. The topological polar surface area (TPSA) is 81.0 Å². The number of nitrogens with one attached hydrogen (secondary N) is 1. The Hall–Kier alpha value is -2.96. The van der Waals surface area contributed by atoms with Crippen molar-refractivity contribution in [3.05, 3.63) is 48.4 Å². The van der Waals surface area contributed by atoms with Gasteiger partial charge in [-0.1, -0.05) is 25.0 Å². The molecule has 2 aromatic rings. The van der Waals surface area contributed by atoms with Gasteiger partial charge in [0.25, 0.3) is 5.91 Å². The Morgan fingerprint density at radius 1 is 1.14 bits per heavy atom. The zero-order valence-corrected chi connectivity index (χ0v) is 16.5. The van der Waals surface area contributed by atoms with Crippen LogP contribution in [0, 0.1) is 0 Å². The molecule has 7 heteroatoms. The van der Waals surface area contributed by atoms with Crippen LogP contribution in [0.4, 0.5) is 0 Å². The molecule has 0 spiro atoms. The lowest BCUT2D eigenvalue weighted by molar-refractivity contribution is -0.148. The van der Waals surface area contributed by atoms with Crippen molar-refractivity contribution < 1.29 is 23.5 Å². The number of nitrogens with zero attached hydrogens (tertiary/aromatic N) is 1. The van der Waals surface area contributed by atoms with Crippen molar-refractivity contribution in [2.45, 2.75) is 57.3 Å². The van der Waals surface area contributed by atoms with Crippen molar-refractivity contribution in [3.8, 4) is 11.5 Å². The molecule has 4 rings (SSSR count). The minimum Gasteiger partial charge on any atom is -0.485 e. The van der Waals surface area contributed by atoms with E-state index in [0.29, 0.717) is 17.3 Å². The first kappa shape index (κ1) is 19.4. The summed E-state index contributed by atoms with van der Waals surface area (Å²) in [5, 5.41) is 3.08. The summed E-state index contributed by atoms with van der Waals surface area (Å²) in [4.78, 5) is 27.7. The van der Waals surface area contributed by atoms with Crippen molar-refractivity contribution in [1.82, 2.24) is 10.2 Å². The SMILES string of the molecule is CC(C(=O)NC1CCCC1)N(Cc1ccco1)C(=O)C1COc2ccccc2O1. The van der Waals surface area contributed by atoms with Gasteiger partial charge in [-0.15, -0.1) is 0 Å². The number of para-hydroxylation sites is 2. The molecule has 1 aliphatic heterocycles.